The van der Waals surface area contributed by atoms with E-state index in [0.717, 1.165) is 24.1 Å². The number of fused-ring (bicyclic) bond motifs is 2. The molecule has 2 atom stereocenters. The summed E-state index contributed by atoms with van der Waals surface area (Å²) in [5.41, 5.74) is 2.13. The molecule has 1 fully saturated rings. The molecular weight excluding hydrogens is 542 g/mol. The van der Waals surface area contributed by atoms with Gasteiger partial charge in [-0.25, -0.2) is 4.79 Å². The molecule has 0 N–H and O–H groups in total. The summed E-state index contributed by atoms with van der Waals surface area (Å²) in [6, 6.07) is 7.62. The first-order valence-electron chi connectivity index (χ1n) is 13.6. The van der Waals surface area contributed by atoms with Gasteiger partial charge in [0.1, 0.15) is 23.2 Å². The summed E-state index contributed by atoms with van der Waals surface area (Å²) in [5.74, 6) is 0.406. The molecule has 2 unspecified atom stereocenters. The van der Waals surface area contributed by atoms with Gasteiger partial charge in [0, 0.05) is 30.8 Å². The van der Waals surface area contributed by atoms with E-state index in [0.29, 0.717) is 17.7 Å². The highest BCUT2D eigenvalue weighted by Gasteiger charge is 2.36. The van der Waals surface area contributed by atoms with Gasteiger partial charge in [-0.2, -0.15) is 25.0 Å². The summed E-state index contributed by atoms with van der Waals surface area (Å²) in [6.07, 6.45) is 4.40. The fourth-order valence-corrected chi connectivity index (χ4v) is 6.10. The smallest absolute Gasteiger partial charge is 0.410 e. The van der Waals surface area contributed by atoms with Gasteiger partial charge in [0.15, 0.2) is 0 Å². The molecule has 1 amide bonds. The second-order valence-electron chi connectivity index (χ2n) is 12.5. The van der Waals surface area contributed by atoms with Crippen molar-refractivity contribution in [3.63, 3.8) is 0 Å². The second-order valence-corrected chi connectivity index (χ2v) is 13.7. The van der Waals surface area contributed by atoms with Crippen LogP contribution >= 0.6 is 0 Å². The maximum absolute atomic E-state index is 13.9. The third kappa shape index (κ3) is 5.74. The summed E-state index contributed by atoms with van der Waals surface area (Å²) in [6.45, 7) is 10.7. The van der Waals surface area contributed by atoms with Crippen LogP contribution in [0.4, 0.5) is 10.6 Å². The van der Waals surface area contributed by atoms with Gasteiger partial charge in [0.2, 0.25) is 0 Å². The number of rotatable bonds is 4. The van der Waals surface area contributed by atoms with E-state index in [1.165, 1.54) is 16.5 Å². The molecule has 0 spiro atoms. The molecule has 3 aromatic rings. The van der Waals surface area contributed by atoms with E-state index in [9.17, 15) is 19.4 Å². The van der Waals surface area contributed by atoms with Crippen LogP contribution in [0.2, 0.25) is 0 Å². The lowest BCUT2D eigenvalue weighted by Gasteiger charge is -2.41. The third-order valence-corrected chi connectivity index (χ3v) is 8.09. The van der Waals surface area contributed by atoms with Gasteiger partial charge in [-0.05, 0) is 56.2 Å². The number of benzene rings is 1. The minimum Gasteiger partial charge on any atom is -0.609 e. The summed E-state index contributed by atoms with van der Waals surface area (Å²) in [7, 11) is 0. The lowest BCUT2D eigenvalue weighted by atomic mass is 9.90. The summed E-state index contributed by atoms with van der Waals surface area (Å²) >= 11 is -1.56. The molecule has 1 aliphatic heterocycles. The van der Waals surface area contributed by atoms with Gasteiger partial charge in [-0.15, -0.1) is 0 Å². The highest BCUT2D eigenvalue weighted by Crippen LogP contribution is 2.38. The van der Waals surface area contributed by atoms with Crippen molar-refractivity contribution in [1.29, 1.82) is 5.26 Å². The first-order chi connectivity index (χ1) is 19.3. The van der Waals surface area contributed by atoms with Crippen molar-refractivity contribution in [3.05, 3.63) is 45.9 Å². The van der Waals surface area contributed by atoms with Crippen molar-refractivity contribution in [2.24, 2.45) is 5.41 Å². The van der Waals surface area contributed by atoms with Gasteiger partial charge in [0.25, 0.3) is 5.56 Å². The Labute approximate surface area is 242 Å². The number of ether oxygens (including phenoxy) is 1. The van der Waals surface area contributed by atoms with E-state index in [4.69, 9.17) is 4.74 Å². The molecular formula is C29H35N7O4S. The normalized spacial score (nSPS) is 19.1. The van der Waals surface area contributed by atoms with Crippen molar-refractivity contribution in [2.75, 3.05) is 30.8 Å². The molecule has 41 heavy (non-hydrogen) atoms. The van der Waals surface area contributed by atoms with Crippen LogP contribution in [0, 0.1) is 16.7 Å². The molecule has 0 saturated carbocycles. The predicted octanol–water partition coefficient (Wildman–Crippen LogP) is 3.38. The number of carbonyl (C=O) groups is 1. The number of piperazine rings is 1. The number of anilines is 1. The van der Waals surface area contributed by atoms with Crippen molar-refractivity contribution in [3.8, 4) is 11.8 Å². The number of amides is 1. The molecule has 1 aromatic carbocycles. The molecule has 216 valence electrons. The van der Waals surface area contributed by atoms with E-state index in [1.807, 2.05) is 17.0 Å². The Morgan fingerprint density at radius 3 is 2.68 bits per heavy atom. The van der Waals surface area contributed by atoms with Gasteiger partial charge in [-0.3, -0.25) is 4.79 Å². The van der Waals surface area contributed by atoms with Crippen LogP contribution < -0.4 is 10.5 Å². The largest absolute Gasteiger partial charge is 0.609 e. The predicted molar refractivity (Wildman–Crippen MR) is 156 cm³/mol. The van der Waals surface area contributed by atoms with Gasteiger partial charge < -0.3 is 19.1 Å². The molecule has 1 saturated heterocycles. The quantitative estimate of drug-likeness (QED) is 0.337. The number of carbonyl (C=O) groups excluding carboxylic acids is 1. The highest BCUT2D eigenvalue weighted by atomic mass is 32.2. The van der Waals surface area contributed by atoms with Crippen LogP contribution in [0.15, 0.2) is 34.3 Å². The van der Waals surface area contributed by atoms with E-state index < -0.39 is 34.5 Å². The number of hydrogen-bond donors (Lipinski definition) is 0. The zero-order chi connectivity index (χ0) is 29.7. The lowest BCUT2D eigenvalue weighted by molar-refractivity contribution is 0.0145. The summed E-state index contributed by atoms with van der Waals surface area (Å²) in [4.78, 5) is 39.3. The Bertz CT molecular complexity index is 1610. The Kier molecular flexibility index (Phi) is 7.46. The standard InChI is InChI=1S/C29H35N7O4S/c1-28(2,3)40-27(38)35-13-12-34(17-19(35)10-11-30)24-21-16-31-36(25(37)23(21)32-26(33-24)41(6)39)22-9-7-8-18-14-29(4,5)15-20(18)22/h7-9,16,19H,10,12-15,17H2,1-6H3. The van der Waals surface area contributed by atoms with E-state index in [1.54, 1.807) is 31.9 Å². The fraction of sp³-hybridized carbons (Fsp3) is 0.517. The average molecular weight is 578 g/mol. The number of aromatic nitrogens is 4. The van der Waals surface area contributed by atoms with Crippen LogP contribution in [0.25, 0.3) is 16.6 Å². The van der Waals surface area contributed by atoms with Crippen LogP contribution in [-0.4, -0.2) is 72.8 Å². The van der Waals surface area contributed by atoms with E-state index in [2.05, 4.69) is 41.0 Å². The maximum atomic E-state index is 13.9. The van der Waals surface area contributed by atoms with Crippen molar-refractivity contribution >= 4 is 34.0 Å². The maximum Gasteiger partial charge on any atom is 0.410 e. The first-order valence-corrected chi connectivity index (χ1v) is 15.2. The van der Waals surface area contributed by atoms with Gasteiger partial charge >= 0.3 is 11.2 Å². The van der Waals surface area contributed by atoms with Crippen LogP contribution in [-0.2, 0) is 28.8 Å². The Morgan fingerprint density at radius 2 is 2.00 bits per heavy atom. The Hall–Kier alpha value is -3.69. The average Bonchev–Trinajstić information content (AvgIpc) is 3.21. The molecule has 0 radical (unpaired) electrons. The molecule has 0 bridgehead atoms. The van der Waals surface area contributed by atoms with Crippen molar-refractivity contribution < 1.29 is 14.1 Å². The zero-order valence-corrected chi connectivity index (χ0v) is 25.1. The molecule has 11 nitrogen and oxygen atoms in total. The number of nitriles is 1. The first kappa shape index (κ1) is 28.8. The molecule has 12 heteroatoms. The monoisotopic (exact) mass is 577 g/mol. The third-order valence-electron chi connectivity index (χ3n) is 7.40. The topological polar surface area (TPSA) is 140 Å². The van der Waals surface area contributed by atoms with Crippen molar-refractivity contribution in [2.45, 2.75) is 70.7 Å². The van der Waals surface area contributed by atoms with Crippen molar-refractivity contribution in [1.82, 2.24) is 24.6 Å². The number of hydrogen-bond acceptors (Lipinski definition) is 9. The molecule has 1 aliphatic carbocycles. The highest BCUT2D eigenvalue weighted by molar-refractivity contribution is 7.90. The second kappa shape index (κ2) is 10.6. The molecule has 5 rings (SSSR count). The minimum atomic E-state index is -1.56. The van der Waals surface area contributed by atoms with E-state index in [-0.39, 0.29) is 35.6 Å². The number of nitrogens with zero attached hydrogens (tertiary/aromatic N) is 7. The fourth-order valence-electron chi connectivity index (χ4n) is 5.66. The zero-order valence-electron chi connectivity index (χ0n) is 24.3. The molecule has 2 aliphatic rings. The Morgan fingerprint density at radius 1 is 1.24 bits per heavy atom. The Balaban J connectivity index is 1.57. The van der Waals surface area contributed by atoms with Gasteiger partial charge in [0.05, 0.1) is 35.8 Å². The minimum absolute atomic E-state index is 0.0354. The van der Waals surface area contributed by atoms with Gasteiger partial charge in [-0.1, -0.05) is 26.0 Å². The lowest BCUT2D eigenvalue weighted by Crippen LogP contribution is -2.56. The van der Waals surface area contributed by atoms with Crippen LogP contribution in [0.5, 0.6) is 0 Å². The van der Waals surface area contributed by atoms with Crippen LogP contribution in [0.3, 0.4) is 0 Å². The summed E-state index contributed by atoms with van der Waals surface area (Å²) < 4.78 is 19.5. The van der Waals surface area contributed by atoms with E-state index >= 15 is 0 Å². The SMILES string of the molecule is C[S+]([O-])c1nc(N2CCN(C(=O)OC(C)(C)C)C(CC#N)C2)c2cnn(-c3cccc4c3CC(C)(C)C4)c(=O)c2n1. The molecule has 3 heterocycles. The van der Waals surface area contributed by atoms with Crippen LogP contribution in [0.1, 0.15) is 52.2 Å². The summed E-state index contributed by atoms with van der Waals surface area (Å²) in [5, 5.41) is 14.5. The molecule has 2 aromatic heterocycles.